The van der Waals surface area contributed by atoms with Gasteiger partial charge in [-0.1, -0.05) is 23.7 Å². The second-order valence-corrected chi connectivity index (χ2v) is 4.65. The predicted molar refractivity (Wildman–Crippen MR) is 73.2 cm³/mol. The molecule has 4 heteroatoms. The van der Waals surface area contributed by atoms with Crippen LogP contribution in [0.5, 0.6) is 5.75 Å². The molecule has 100 valence electrons. The normalized spacial score (nSPS) is 12.3. The molecule has 19 heavy (non-hydrogen) atoms. The Morgan fingerprint density at radius 1 is 1.21 bits per heavy atom. The minimum Gasteiger partial charge on any atom is -0.496 e. The second-order valence-electron chi connectivity index (χ2n) is 4.24. The number of benzene rings is 2. The van der Waals surface area contributed by atoms with E-state index in [1.807, 2.05) is 6.92 Å². The van der Waals surface area contributed by atoms with Gasteiger partial charge in [-0.2, -0.15) is 0 Å². The highest BCUT2D eigenvalue weighted by Gasteiger charge is 2.18. The summed E-state index contributed by atoms with van der Waals surface area (Å²) in [5.74, 6) is 0.0165. The lowest BCUT2D eigenvalue weighted by atomic mass is 9.97. The summed E-state index contributed by atoms with van der Waals surface area (Å²) in [5.41, 5.74) is 1.78. The highest BCUT2D eigenvalue weighted by atomic mass is 35.5. The van der Waals surface area contributed by atoms with Crippen molar-refractivity contribution >= 4 is 11.6 Å². The van der Waals surface area contributed by atoms with Crippen LogP contribution in [0.4, 0.5) is 4.39 Å². The molecule has 0 radical (unpaired) electrons. The van der Waals surface area contributed by atoms with E-state index in [1.165, 1.54) is 25.3 Å². The number of aliphatic hydroxyl groups is 1. The first-order chi connectivity index (χ1) is 9.04. The van der Waals surface area contributed by atoms with Crippen LogP contribution in [0.2, 0.25) is 5.02 Å². The van der Waals surface area contributed by atoms with Crippen LogP contribution >= 0.6 is 11.6 Å². The van der Waals surface area contributed by atoms with Gasteiger partial charge in [-0.05, 0) is 42.3 Å². The van der Waals surface area contributed by atoms with Gasteiger partial charge in [0.25, 0.3) is 0 Å². The summed E-state index contributed by atoms with van der Waals surface area (Å²) >= 11 is 6.03. The fourth-order valence-corrected chi connectivity index (χ4v) is 2.19. The zero-order valence-corrected chi connectivity index (χ0v) is 11.4. The van der Waals surface area contributed by atoms with Crippen molar-refractivity contribution in [1.82, 2.24) is 0 Å². The van der Waals surface area contributed by atoms with Crippen molar-refractivity contribution in [3.63, 3.8) is 0 Å². The quantitative estimate of drug-likeness (QED) is 0.924. The van der Waals surface area contributed by atoms with E-state index in [0.29, 0.717) is 21.9 Å². The Hall–Kier alpha value is -1.58. The minimum absolute atomic E-state index is 0.382. The molecule has 1 atom stereocenters. The van der Waals surface area contributed by atoms with Gasteiger partial charge < -0.3 is 9.84 Å². The summed E-state index contributed by atoms with van der Waals surface area (Å²) in [4.78, 5) is 0. The second kappa shape index (κ2) is 5.59. The molecule has 0 aromatic heterocycles. The smallest absolute Gasteiger partial charge is 0.125 e. The highest BCUT2D eigenvalue weighted by Crippen LogP contribution is 2.33. The van der Waals surface area contributed by atoms with Crippen LogP contribution in [-0.2, 0) is 0 Å². The van der Waals surface area contributed by atoms with Crippen molar-refractivity contribution in [2.45, 2.75) is 13.0 Å². The van der Waals surface area contributed by atoms with E-state index in [2.05, 4.69) is 0 Å². The molecule has 2 aromatic rings. The van der Waals surface area contributed by atoms with E-state index in [0.717, 1.165) is 5.56 Å². The topological polar surface area (TPSA) is 29.5 Å². The zero-order chi connectivity index (χ0) is 14.0. The molecule has 1 unspecified atom stereocenters. The first-order valence-electron chi connectivity index (χ1n) is 5.81. The number of rotatable bonds is 3. The molecule has 0 saturated heterocycles. The molecule has 0 saturated carbocycles. The SMILES string of the molecule is COc1ccc(F)cc1C(O)c1cccc(Cl)c1C. The third kappa shape index (κ3) is 2.72. The van der Waals surface area contributed by atoms with E-state index in [1.54, 1.807) is 18.2 Å². The summed E-state index contributed by atoms with van der Waals surface area (Å²) in [7, 11) is 1.48. The Morgan fingerprint density at radius 2 is 1.95 bits per heavy atom. The van der Waals surface area contributed by atoms with Gasteiger partial charge in [-0.3, -0.25) is 0 Å². The third-order valence-corrected chi connectivity index (χ3v) is 3.50. The minimum atomic E-state index is -0.982. The van der Waals surface area contributed by atoms with Crippen LogP contribution in [-0.4, -0.2) is 12.2 Å². The Morgan fingerprint density at radius 3 is 2.63 bits per heavy atom. The number of halogens is 2. The van der Waals surface area contributed by atoms with Gasteiger partial charge in [-0.15, -0.1) is 0 Å². The van der Waals surface area contributed by atoms with E-state index >= 15 is 0 Å². The molecule has 0 aliphatic heterocycles. The molecule has 2 aromatic carbocycles. The monoisotopic (exact) mass is 280 g/mol. The molecular weight excluding hydrogens is 267 g/mol. The Bertz CT molecular complexity index is 599. The highest BCUT2D eigenvalue weighted by molar-refractivity contribution is 6.31. The van der Waals surface area contributed by atoms with Gasteiger partial charge >= 0.3 is 0 Å². The lowest BCUT2D eigenvalue weighted by molar-refractivity contribution is 0.213. The van der Waals surface area contributed by atoms with Crippen molar-refractivity contribution in [2.75, 3.05) is 7.11 Å². The lowest BCUT2D eigenvalue weighted by Gasteiger charge is -2.17. The Kier molecular flexibility index (Phi) is 4.08. The number of methoxy groups -OCH3 is 1. The fourth-order valence-electron chi connectivity index (χ4n) is 2.01. The molecular formula is C15H14ClFO2. The summed E-state index contributed by atoms with van der Waals surface area (Å²) in [6, 6.07) is 9.31. The molecule has 0 bridgehead atoms. The van der Waals surface area contributed by atoms with Crippen molar-refractivity contribution in [3.8, 4) is 5.75 Å². The summed E-state index contributed by atoms with van der Waals surface area (Å²) in [6.45, 7) is 1.81. The van der Waals surface area contributed by atoms with E-state index in [-0.39, 0.29) is 0 Å². The van der Waals surface area contributed by atoms with Crippen molar-refractivity contribution in [2.24, 2.45) is 0 Å². The number of ether oxygens (including phenoxy) is 1. The van der Waals surface area contributed by atoms with Crippen LogP contribution in [0.3, 0.4) is 0 Å². The Labute approximate surface area is 116 Å². The third-order valence-electron chi connectivity index (χ3n) is 3.09. The maximum Gasteiger partial charge on any atom is 0.125 e. The molecule has 0 aliphatic rings. The molecule has 0 spiro atoms. The summed E-state index contributed by atoms with van der Waals surface area (Å²) in [5, 5.41) is 11.0. The van der Waals surface area contributed by atoms with E-state index in [9.17, 15) is 9.50 Å². The first-order valence-corrected chi connectivity index (χ1v) is 6.19. The van der Waals surface area contributed by atoms with Crippen molar-refractivity contribution < 1.29 is 14.2 Å². The standard InChI is InChI=1S/C15H14ClFO2/c1-9-11(4-3-5-13(9)16)15(18)12-8-10(17)6-7-14(12)19-2/h3-8,15,18H,1-2H3. The van der Waals surface area contributed by atoms with E-state index in [4.69, 9.17) is 16.3 Å². The van der Waals surface area contributed by atoms with Crippen LogP contribution in [0.25, 0.3) is 0 Å². The van der Waals surface area contributed by atoms with Crippen LogP contribution in [0.15, 0.2) is 36.4 Å². The van der Waals surface area contributed by atoms with Gasteiger partial charge in [0.05, 0.1) is 7.11 Å². The maximum atomic E-state index is 13.3. The average molecular weight is 281 g/mol. The molecule has 1 N–H and O–H groups in total. The molecule has 2 rings (SSSR count). The number of hydrogen-bond acceptors (Lipinski definition) is 2. The largest absolute Gasteiger partial charge is 0.496 e. The molecule has 0 fully saturated rings. The lowest BCUT2D eigenvalue weighted by Crippen LogP contribution is -2.05. The van der Waals surface area contributed by atoms with Crippen LogP contribution < -0.4 is 4.74 Å². The van der Waals surface area contributed by atoms with Crippen molar-refractivity contribution in [3.05, 3.63) is 63.9 Å². The van der Waals surface area contributed by atoms with Gasteiger partial charge in [0, 0.05) is 10.6 Å². The first kappa shape index (κ1) is 13.8. The van der Waals surface area contributed by atoms with Crippen LogP contribution in [0.1, 0.15) is 22.8 Å². The van der Waals surface area contributed by atoms with E-state index < -0.39 is 11.9 Å². The summed E-state index contributed by atoms with van der Waals surface area (Å²) in [6.07, 6.45) is -0.982. The number of hydrogen-bond donors (Lipinski definition) is 1. The van der Waals surface area contributed by atoms with Gasteiger partial charge in [0.15, 0.2) is 0 Å². The predicted octanol–water partition coefficient (Wildman–Crippen LogP) is 3.88. The van der Waals surface area contributed by atoms with Crippen LogP contribution in [0, 0.1) is 12.7 Å². The molecule has 0 amide bonds. The number of aliphatic hydroxyl groups excluding tert-OH is 1. The maximum absolute atomic E-state index is 13.3. The summed E-state index contributed by atoms with van der Waals surface area (Å²) < 4.78 is 18.5. The Balaban J connectivity index is 2.52. The van der Waals surface area contributed by atoms with Gasteiger partial charge in [0.2, 0.25) is 0 Å². The fraction of sp³-hybridized carbons (Fsp3) is 0.200. The zero-order valence-electron chi connectivity index (χ0n) is 10.7. The molecule has 0 aliphatic carbocycles. The van der Waals surface area contributed by atoms with Gasteiger partial charge in [0.1, 0.15) is 17.7 Å². The average Bonchev–Trinajstić information content (AvgIpc) is 2.41. The van der Waals surface area contributed by atoms with Gasteiger partial charge in [-0.25, -0.2) is 4.39 Å². The molecule has 2 nitrogen and oxygen atoms in total. The van der Waals surface area contributed by atoms with Crippen molar-refractivity contribution in [1.29, 1.82) is 0 Å². The molecule has 0 heterocycles.